The maximum atomic E-state index is 12.1. The number of amides is 1. The maximum Gasteiger partial charge on any atom is 0.387 e. The molecule has 0 aliphatic heterocycles. The molecule has 1 amide bonds. The van der Waals surface area contributed by atoms with Gasteiger partial charge in [0, 0.05) is 11.6 Å². The van der Waals surface area contributed by atoms with Crippen LogP contribution in [0.2, 0.25) is 0 Å². The lowest BCUT2D eigenvalue weighted by Gasteiger charge is -2.13. The van der Waals surface area contributed by atoms with Crippen LogP contribution in [0.25, 0.3) is 0 Å². The fraction of sp³-hybridized carbons (Fsp3) is 0.462. The summed E-state index contributed by atoms with van der Waals surface area (Å²) in [5.74, 6) is -0.346. The van der Waals surface area contributed by atoms with Crippen LogP contribution >= 0.6 is 0 Å². The van der Waals surface area contributed by atoms with Gasteiger partial charge in [0.05, 0.1) is 0 Å². The predicted octanol–water partition coefficient (Wildman–Crippen LogP) is 2.15. The van der Waals surface area contributed by atoms with Crippen molar-refractivity contribution in [1.29, 1.82) is 0 Å². The average molecular weight is 272 g/mol. The number of halogens is 2. The molecular weight excluding hydrogens is 254 g/mol. The minimum Gasteiger partial charge on any atom is -0.435 e. The molecule has 1 aromatic carbocycles. The smallest absolute Gasteiger partial charge is 0.387 e. The number of nitrogens with two attached hydrogens (primary N) is 1. The average Bonchev–Trinajstić information content (AvgIpc) is 2.35. The Morgan fingerprint density at radius 2 is 2.21 bits per heavy atom. The minimum atomic E-state index is -2.90. The van der Waals surface area contributed by atoms with Crippen LogP contribution < -0.4 is 15.8 Å². The molecule has 4 nitrogen and oxygen atoms in total. The molecule has 0 aliphatic carbocycles. The van der Waals surface area contributed by atoms with Crippen molar-refractivity contribution < 1.29 is 18.3 Å². The summed E-state index contributed by atoms with van der Waals surface area (Å²) in [5.41, 5.74) is 5.67. The van der Waals surface area contributed by atoms with Gasteiger partial charge in [-0.05, 0) is 44.5 Å². The fourth-order valence-corrected chi connectivity index (χ4v) is 1.62. The number of nitrogens with one attached hydrogen (secondary N) is 1. The van der Waals surface area contributed by atoms with E-state index in [1.165, 1.54) is 18.2 Å². The third-order valence-corrected chi connectivity index (χ3v) is 2.54. The van der Waals surface area contributed by atoms with Crippen molar-refractivity contribution in [3.8, 4) is 5.75 Å². The van der Waals surface area contributed by atoms with Crippen molar-refractivity contribution >= 4 is 5.91 Å². The highest BCUT2D eigenvalue weighted by Crippen LogP contribution is 2.16. The van der Waals surface area contributed by atoms with Gasteiger partial charge in [-0.3, -0.25) is 4.79 Å². The van der Waals surface area contributed by atoms with Crippen LogP contribution in [0.3, 0.4) is 0 Å². The van der Waals surface area contributed by atoms with Crippen LogP contribution in [0.4, 0.5) is 8.78 Å². The maximum absolute atomic E-state index is 12.1. The first-order valence-corrected chi connectivity index (χ1v) is 6.08. The van der Waals surface area contributed by atoms with Gasteiger partial charge in [-0.2, -0.15) is 8.78 Å². The van der Waals surface area contributed by atoms with Gasteiger partial charge in [-0.25, -0.2) is 0 Å². The Hall–Kier alpha value is -1.69. The number of ether oxygens (including phenoxy) is 1. The van der Waals surface area contributed by atoms with E-state index in [1.54, 1.807) is 6.07 Å². The number of hydrogen-bond acceptors (Lipinski definition) is 3. The molecule has 1 rings (SSSR count). The Morgan fingerprint density at radius 3 is 2.84 bits per heavy atom. The second-order valence-electron chi connectivity index (χ2n) is 4.21. The Morgan fingerprint density at radius 1 is 1.47 bits per heavy atom. The van der Waals surface area contributed by atoms with Crippen molar-refractivity contribution in [2.45, 2.75) is 32.4 Å². The van der Waals surface area contributed by atoms with Crippen molar-refractivity contribution in [3.05, 3.63) is 29.8 Å². The second-order valence-corrected chi connectivity index (χ2v) is 4.21. The normalized spacial score (nSPS) is 12.3. The zero-order valence-corrected chi connectivity index (χ0v) is 10.7. The van der Waals surface area contributed by atoms with Gasteiger partial charge in [0.25, 0.3) is 5.91 Å². The summed E-state index contributed by atoms with van der Waals surface area (Å²) in [6.07, 6.45) is 1.59. The topological polar surface area (TPSA) is 64.3 Å². The zero-order valence-electron chi connectivity index (χ0n) is 10.7. The summed E-state index contributed by atoms with van der Waals surface area (Å²) in [5, 5.41) is 2.77. The van der Waals surface area contributed by atoms with Crippen LogP contribution in [-0.4, -0.2) is 25.1 Å². The third-order valence-electron chi connectivity index (χ3n) is 2.54. The Bertz CT molecular complexity index is 413. The van der Waals surface area contributed by atoms with Gasteiger partial charge in [0.15, 0.2) is 0 Å². The molecule has 106 valence electrons. The molecule has 3 N–H and O–H groups in total. The number of hydrogen-bond donors (Lipinski definition) is 2. The van der Waals surface area contributed by atoms with E-state index in [2.05, 4.69) is 10.1 Å². The summed E-state index contributed by atoms with van der Waals surface area (Å²) in [4.78, 5) is 11.9. The van der Waals surface area contributed by atoms with Gasteiger partial charge in [-0.15, -0.1) is 0 Å². The molecule has 0 radical (unpaired) electrons. The van der Waals surface area contributed by atoms with E-state index in [0.29, 0.717) is 6.54 Å². The quantitative estimate of drug-likeness (QED) is 0.799. The van der Waals surface area contributed by atoms with E-state index in [-0.39, 0.29) is 23.3 Å². The lowest BCUT2D eigenvalue weighted by Crippen LogP contribution is -2.32. The number of rotatable bonds is 7. The lowest BCUT2D eigenvalue weighted by molar-refractivity contribution is -0.0498. The van der Waals surface area contributed by atoms with Crippen LogP contribution in [0, 0.1) is 0 Å². The van der Waals surface area contributed by atoms with Crippen LogP contribution in [0.1, 0.15) is 30.1 Å². The molecule has 0 fully saturated rings. The van der Waals surface area contributed by atoms with Crippen molar-refractivity contribution in [2.24, 2.45) is 5.73 Å². The highest BCUT2D eigenvalue weighted by atomic mass is 19.3. The molecule has 0 heterocycles. The number of alkyl halides is 2. The van der Waals surface area contributed by atoms with Crippen molar-refractivity contribution in [3.63, 3.8) is 0 Å². The molecule has 1 unspecified atom stereocenters. The fourth-order valence-electron chi connectivity index (χ4n) is 1.62. The first-order valence-electron chi connectivity index (χ1n) is 6.08. The van der Waals surface area contributed by atoms with Gasteiger partial charge < -0.3 is 15.8 Å². The van der Waals surface area contributed by atoms with Crippen molar-refractivity contribution in [2.75, 3.05) is 6.54 Å². The molecule has 1 aromatic rings. The van der Waals surface area contributed by atoms with E-state index in [4.69, 9.17) is 5.73 Å². The summed E-state index contributed by atoms with van der Waals surface area (Å²) < 4.78 is 28.4. The van der Waals surface area contributed by atoms with Crippen LogP contribution in [-0.2, 0) is 0 Å². The monoisotopic (exact) mass is 272 g/mol. The summed E-state index contributed by atoms with van der Waals surface area (Å²) in [6.45, 7) is -0.466. The second kappa shape index (κ2) is 7.68. The van der Waals surface area contributed by atoms with Gasteiger partial charge in [-0.1, -0.05) is 6.07 Å². The van der Waals surface area contributed by atoms with E-state index >= 15 is 0 Å². The van der Waals surface area contributed by atoms with Gasteiger partial charge in [0.1, 0.15) is 5.75 Å². The summed E-state index contributed by atoms with van der Waals surface area (Å²) in [7, 11) is 0. The molecule has 0 spiro atoms. The Kier molecular flexibility index (Phi) is 6.21. The molecular formula is C13H18F2N2O2. The standard InChI is InChI=1S/C13H18F2N2O2/c1-9(4-3-7-16)17-12(18)10-5-2-6-11(8-10)19-13(14)15/h2,5-6,8-9,13H,3-4,7,16H2,1H3,(H,17,18). The first kappa shape index (κ1) is 15.4. The largest absolute Gasteiger partial charge is 0.435 e. The number of carbonyl (C=O) groups excluding carboxylic acids is 1. The Labute approximate surface area is 110 Å². The first-order chi connectivity index (χ1) is 9.02. The molecule has 19 heavy (non-hydrogen) atoms. The van der Waals surface area contributed by atoms with Gasteiger partial charge in [0.2, 0.25) is 0 Å². The SMILES string of the molecule is CC(CCCN)NC(=O)c1cccc(OC(F)F)c1. The van der Waals surface area contributed by atoms with Crippen LogP contribution in [0.15, 0.2) is 24.3 Å². The minimum absolute atomic E-state index is 0.0178. The number of benzene rings is 1. The highest BCUT2D eigenvalue weighted by Gasteiger charge is 2.11. The van der Waals surface area contributed by atoms with Crippen molar-refractivity contribution in [1.82, 2.24) is 5.32 Å². The van der Waals surface area contributed by atoms with E-state index in [0.717, 1.165) is 12.8 Å². The predicted molar refractivity (Wildman–Crippen MR) is 68.3 cm³/mol. The van der Waals surface area contributed by atoms with Crippen LogP contribution in [0.5, 0.6) is 5.75 Å². The molecule has 6 heteroatoms. The molecule has 0 aliphatic rings. The molecule has 1 atom stereocenters. The number of carbonyl (C=O) groups is 1. The van der Waals surface area contributed by atoms with E-state index in [1.807, 2.05) is 6.92 Å². The molecule has 0 bridgehead atoms. The highest BCUT2D eigenvalue weighted by molar-refractivity contribution is 5.94. The Balaban J connectivity index is 2.61. The molecule has 0 saturated carbocycles. The molecule has 0 aromatic heterocycles. The van der Waals surface area contributed by atoms with E-state index < -0.39 is 6.61 Å². The summed E-state index contributed by atoms with van der Waals surface area (Å²) >= 11 is 0. The molecule has 0 saturated heterocycles. The zero-order chi connectivity index (χ0) is 14.3. The summed E-state index contributed by atoms with van der Waals surface area (Å²) in [6, 6.07) is 5.69. The third kappa shape index (κ3) is 5.65. The van der Waals surface area contributed by atoms with E-state index in [9.17, 15) is 13.6 Å². The van der Waals surface area contributed by atoms with Gasteiger partial charge >= 0.3 is 6.61 Å². The lowest BCUT2D eigenvalue weighted by atomic mass is 10.1.